The largest absolute Gasteiger partial charge is 0.464 e. The van der Waals surface area contributed by atoms with E-state index in [4.69, 9.17) is 16.3 Å². The van der Waals surface area contributed by atoms with Crippen molar-refractivity contribution < 1.29 is 19.2 Å². The molecule has 1 fully saturated rings. The molecule has 3 rings (SSSR count). The van der Waals surface area contributed by atoms with Gasteiger partial charge in [0.1, 0.15) is 11.4 Å². The highest BCUT2D eigenvalue weighted by atomic mass is 35.5. The van der Waals surface area contributed by atoms with E-state index in [1.54, 1.807) is 25.1 Å². The van der Waals surface area contributed by atoms with Crippen molar-refractivity contribution in [3.8, 4) is 0 Å². The van der Waals surface area contributed by atoms with Crippen LogP contribution in [-0.4, -0.2) is 40.1 Å². The van der Waals surface area contributed by atoms with Gasteiger partial charge in [-0.05, 0) is 30.7 Å². The Bertz CT molecular complexity index is 923. The fraction of sp³-hybridized carbons (Fsp3) is 0.263. The van der Waals surface area contributed by atoms with Gasteiger partial charge in [-0.3, -0.25) is 14.9 Å². The number of amides is 1. The molecular weight excluding hydrogens is 404 g/mol. The molecule has 146 valence electrons. The van der Waals surface area contributed by atoms with Gasteiger partial charge in [-0.25, -0.2) is 4.79 Å². The molecule has 0 aromatic heterocycles. The number of nitrogens with zero attached hydrogens (tertiary/aromatic N) is 2. The van der Waals surface area contributed by atoms with Crippen LogP contribution in [0.4, 0.5) is 5.69 Å². The number of ether oxygens (including phenoxy) is 1. The molecule has 9 heteroatoms. The number of rotatable bonds is 5. The standard InChI is InChI=1S/C19H17ClN2O5S/c1-2-27-19(24)16-11-28-18(13-6-3-7-14(20)9-13)21(16)17(23)12-5-4-8-15(10-12)22(25)26/h3-10,16,18H,2,11H2,1H3. The number of hydrogen-bond acceptors (Lipinski definition) is 6. The van der Waals surface area contributed by atoms with Crippen LogP contribution in [-0.2, 0) is 9.53 Å². The lowest BCUT2D eigenvalue weighted by molar-refractivity contribution is -0.384. The molecule has 0 spiro atoms. The van der Waals surface area contributed by atoms with Crippen LogP contribution in [0.2, 0.25) is 5.02 Å². The van der Waals surface area contributed by atoms with Crippen LogP contribution in [0.5, 0.6) is 0 Å². The molecule has 2 aromatic carbocycles. The summed E-state index contributed by atoms with van der Waals surface area (Å²) in [5.41, 5.74) is 0.714. The lowest BCUT2D eigenvalue weighted by atomic mass is 10.1. The molecule has 1 aliphatic rings. The number of non-ortho nitro benzene ring substituents is 1. The van der Waals surface area contributed by atoms with Crippen molar-refractivity contribution in [3.63, 3.8) is 0 Å². The molecule has 2 atom stereocenters. The van der Waals surface area contributed by atoms with Gasteiger partial charge in [0.2, 0.25) is 0 Å². The molecule has 0 saturated carbocycles. The summed E-state index contributed by atoms with van der Waals surface area (Å²) in [5.74, 6) is -0.619. The van der Waals surface area contributed by atoms with E-state index in [0.717, 1.165) is 5.56 Å². The third kappa shape index (κ3) is 4.13. The summed E-state index contributed by atoms with van der Waals surface area (Å²) in [6.07, 6.45) is 0. The number of nitro groups is 1. The van der Waals surface area contributed by atoms with E-state index in [2.05, 4.69) is 0 Å². The first-order valence-electron chi connectivity index (χ1n) is 8.53. The molecule has 28 heavy (non-hydrogen) atoms. The molecule has 1 heterocycles. The Morgan fingerprint density at radius 2 is 2.04 bits per heavy atom. The Hall–Kier alpha value is -2.58. The lowest BCUT2D eigenvalue weighted by Crippen LogP contribution is -2.43. The first kappa shape index (κ1) is 20.2. The van der Waals surface area contributed by atoms with Gasteiger partial charge in [0.15, 0.2) is 0 Å². The van der Waals surface area contributed by atoms with Gasteiger partial charge in [-0.2, -0.15) is 0 Å². The van der Waals surface area contributed by atoms with E-state index in [9.17, 15) is 19.7 Å². The van der Waals surface area contributed by atoms with Gasteiger partial charge >= 0.3 is 5.97 Å². The van der Waals surface area contributed by atoms with Gasteiger partial charge in [0.25, 0.3) is 11.6 Å². The molecule has 1 saturated heterocycles. The normalized spacial score (nSPS) is 18.7. The number of carbonyl (C=O) groups excluding carboxylic acids is 2. The number of benzene rings is 2. The molecule has 0 radical (unpaired) electrons. The van der Waals surface area contributed by atoms with Crippen LogP contribution in [0, 0.1) is 10.1 Å². The molecule has 0 bridgehead atoms. The zero-order chi connectivity index (χ0) is 20.3. The molecule has 0 aliphatic carbocycles. The number of hydrogen-bond donors (Lipinski definition) is 0. The monoisotopic (exact) mass is 420 g/mol. The van der Waals surface area contributed by atoms with Crippen molar-refractivity contribution in [3.05, 3.63) is 74.8 Å². The van der Waals surface area contributed by atoms with Crippen LogP contribution in [0.25, 0.3) is 0 Å². The predicted octanol–water partition coefficient (Wildman–Crippen LogP) is 4.07. The van der Waals surface area contributed by atoms with E-state index in [0.29, 0.717) is 10.8 Å². The van der Waals surface area contributed by atoms with E-state index in [1.807, 2.05) is 6.07 Å². The van der Waals surface area contributed by atoms with Gasteiger partial charge in [0.05, 0.1) is 11.5 Å². The molecule has 2 aromatic rings. The molecule has 0 N–H and O–H groups in total. The maximum absolute atomic E-state index is 13.3. The van der Waals surface area contributed by atoms with Crippen molar-refractivity contribution >= 4 is 40.9 Å². The molecule has 7 nitrogen and oxygen atoms in total. The van der Waals surface area contributed by atoms with Crippen molar-refractivity contribution in [2.45, 2.75) is 18.3 Å². The van der Waals surface area contributed by atoms with E-state index < -0.39 is 28.2 Å². The summed E-state index contributed by atoms with van der Waals surface area (Å²) in [5, 5.41) is 11.1. The van der Waals surface area contributed by atoms with E-state index >= 15 is 0 Å². The Balaban J connectivity index is 2.01. The third-order valence-corrected chi connectivity index (χ3v) is 5.79. The fourth-order valence-electron chi connectivity index (χ4n) is 2.99. The second kappa shape index (κ2) is 8.62. The van der Waals surface area contributed by atoms with Crippen molar-refractivity contribution in [1.29, 1.82) is 0 Å². The van der Waals surface area contributed by atoms with E-state index in [-0.39, 0.29) is 17.9 Å². The van der Waals surface area contributed by atoms with Crippen LogP contribution < -0.4 is 0 Å². The van der Waals surface area contributed by atoms with Crippen molar-refractivity contribution in [2.75, 3.05) is 12.4 Å². The number of thioether (sulfide) groups is 1. The van der Waals surface area contributed by atoms with Crippen LogP contribution >= 0.6 is 23.4 Å². The SMILES string of the molecule is CCOC(=O)C1CSC(c2cccc(Cl)c2)N1C(=O)c1cccc([N+](=O)[O-])c1. The Morgan fingerprint density at radius 1 is 1.29 bits per heavy atom. The maximum Gasteiger partial charge on any atom is 0.329 e. The minimum absolute atomic E-state index is 0.137. The molecular formula is C19H17ClN2O5S. The van der Waals surface area contributed by atoms with E-state index in [1.165, 1.54) is 40.9 Å². The summed E-state index contributed by atoms with van der Waals surface area (Å²) in [6.45, 7) is 1.89. The highest BCUT2D eigenvalue weighted by Crippen LogP contribution is 2.43. The average molecular weight is 421 g/mol. The average Bonchev–Trinajstić information content (AvgIpc) is 3.13. The summed E-state index contributed by atoms with van der Waals surface area (Å²) >= 11 is 7.51. The first-order chi connectivity index (χ1) is 13.4. The molecule has 2 unspecified atom stereocenters. The zero-order valence-corrected chi connectivity index (χ0v) is 16.5. The summed E-state index contributed by atoms with van der Waals surface area (Å²) in [7, 11) is 0. The Labute approximate surface area is 170 Å². The highest BCUT2D eigenvalue weighted by molar-refractivity contribution is 7.99. The van der Waals surface area contributed by atoms with Crippen molar-refractivity contribution in [2.24, 2.45) is 0 Å². The van der Waals surface area contributed by atoms with Gasteiger partial charge in [0, 0.05) is 28.5 Å². The summed E-state index contributed by atoms with van der Waals surface area (Å²) in [6, 6.07) is 11.7. The zero-order valence-electron chi connectivity index (χ0n) is 14.9. The predicted molar refractivity (Wildman–Crippen MR) is 106 cm³/mol. The molecule has 1 amide bonds. The summed E-state index contributed by atoms with van der Waals surface area (Å²) < 4.78 is 5.13. The second-order valence-corrected chi connectivity index (χ2v) is 7.58. The Kier molecular flexibility index (Phi) is 6.21. The second-order valence-electron chi connectivity index (χ2n) is 6.03. The number of esters is 1. The maximum atomic E-state index is 13.3. The van der Waals surface area contributed by atoms with Crippen molar-refractivity contribution in [1.82, 2.24) is 4.90 Å². The van der Waals surface area contributed by atoms with Gasteiger partial charge in [-0.15, -0.1) is 11.8 Å². The van der Waals surface area contributed by atoms with Crippen LogP contribution in [0.1, 0.15) is 28.2 Å². The van der Waals surface area contributed by atoms with Crippen LogP contribution in [0.15, 0.2) is 48.5 Å². The first-order valence-corrected chi connectivity index (χ1v) is 9.96. The highest BCUT2D eigenvalue weighted by Gasteiger charge is 2.43. The molecule has 1 aliphatic heterocycles. The quantitative estimate of drug-likeness (QED) is 0.411. The fourth-order valence-corrected chi connectivity index (χ4v) is 4.60. The number of carbonyl (C=O) groups is 2. The van der Waals surface area contributed by atoms with Gasteiger partial charge < -0.3 is 9.64 Å². The summed E-state index contributed by atoms with van der Waals surface area (Å²) in [4.78, 5) is 37.6. The minimum Gasteiger partial charge on any atom is -0.464 e. The number of halogens is 1. The topological polar surface area (TPSA) is 89.8 Å². The van der Waals surface area contributed by atoms with Gasteiger partial charge in [-0.1, -0.05) is 29.8 Å². The van der Waals surface area contributed by atoms with Crippen LogP contribution in [0.3, 0.4) is 0 Å². The Morgan fingerprint density at radius 3 is 2.71 bits per heavy atom. The third-order valence-electron chi connectivity index (χ3n) is 4.23. The number of nitro benzene ring substituents is 1. The smallest absolute Gasteiger partial charge is 0.329 e. The lowest BCUT2D eigenvalue weighted by Gasteiger charge is -2.28. The minimum atomic E-state index is -0.791.